The highest BCUT2D eigenvalue weighted by molar-refractivity contribution is 6.35. The summed E-state index contributed by atoms with van der Waals surface area (Å²) in [6.07, 6.45) is -0.0441. The Kier molecular flexibility index (Phi) is 6.95. The van der Waals surface area contributed by atoms with Crippen molar-refractivity contribution in [2.75, 3.05) is 39.3 Å². The molecule has 2 unspecified atom stereocenters. The molecule has 0 aliphatic carbocycles. The predicted molar refractivity (Wildman–Crippen MR) is 77.4 cm³/mol. The molecule has 6 nitrogen and oxygen atoms in total. The van der Waals surface area contributed by atoms with Gasteiger partial charge in [-0.15, -0.1) is 0 Å². The fraction of sp³-hybridized carbons (Fsp3) is 0.857. The van der Waals surface area contributed by atoms with Gasteiger partial charge in [0, 0.05) is 26.2 Å². The Hall–Kier alpha value is -1.14. The lowest BCUT2D eigenvalue weighted by atomic mass is 10.2. The predicted octanol–water partition coefficient (Wildman–Crippen LogP) is 0.0802. The summed E-state index contributed by atoms with van der Waals surface area (Å²) in [4.78, 5) is 27.7. The minimum atomic E-state index is -0.515. The molecule has 2 amide bonds. The maximum absolute atomic E-state index is 12.0. The summed E-state index contributed by atoms with van der Waals surface area (Å²) in [5, 5.41) is 2.70. The lowest BCUT2D eigenvalue weighted by Crippen LogP contribution is -2.53. The molecule has 2 atom stereocenters. The first kappa shape index (κ1) is 16.9. The van der Waals surface area contributed by atoms with Crippen molar-refractivity contribution >= 4 is 11.8 Å². The number of nitrogens with zero attached hydrogens (tertiary/aromatic N) is 2. The van der Waals surface area contributed by atoms with Gasteiger partial charge in [-0.25, -0.2) is 0 Å². The second-order valence-corrected chi connectivity index (χ2v) is 5.25. The van der Waals surface area contributed by atoms with Gasteiger partial charge in [0.15, 0.2) is 0 Å². The van der Waals surface area contributed by atoms with Gasteiger partial charge < -0.3 is 19.9 Å². The Morgan fingerprint density at radius 3 is 2.25 bits per heavy atom. The zero-order valence-corrected chi connectivity index (χ0v) is 13.0. The second-order valence-electron chi connectivity index (χ2n) is 5.25. The van der Waals surface area contributed by atoms with Gasteiger partial charge in [-0.05, 0) is 26.9 Å². The van der Waals surface area contributed by atoms with E-state index in [1.54, 1.807) is 4.90 Å². The zero-order chi connectivity index (χ0) is 15.1. The fourth-order valence-electron chi connectivity index (χ4n) is 2.43. The minimum absolute atomic E-state index is 0.0221. The molecule has 0 aromatic heterocycles. The normalized spacial score (nSPS) is 22.9. The van der Waals surface area contributed by atoms with E-state index in [9.17, 15) is 9.59 Å². The largest absolute Gasteiger partial charge is 0.372 e. The standard InChI is InChI=1S/C14H27N3O3/c1-5-16(6-2)8-7-15-13(18)14(19)17-9-11(3)20-12(4)10-17/h11-12H,5-10H2,1-4H3,(H,15,18). The Morgan fingerprint density at radius 2 is 1.75 bits per heavy atom. The first-order chi connectivity index (χ1) is 9.47. The van der Waals surface area contributed by atoms with Crippen LogP contribution in [0.1, 0.15) is 27.7 Å². The van der Waals surface area contributed by atoms with E-state index < -0.39 is 11.8 Å². The van der Waals surface area contributed by atoms with E-state index in [2.05, 4.69) is 24.1 Å². The van der Waals surface area contributed by atoms with Crippen molar-refractivity contribution in [2.24, 2.45) is 0 Å². The number of ether oxygens (including phenoxy) is 1. The maximum atomic E-state index is 12.0. The lowest BCUT2D eigenvalue weighted by molar-refractivity contribution is -0.153. The number of nitrogens with one attached hydrogen (secondary N) is 1. The van der Waals surface area contributed by atoms with Gasteiger partial charge in [0.25, 0.3) is 0 Å². The molecule has 6 heteroatoms. The van der Waals surface area contributed by atoms with Gasteiger partial charge in [-0.2, -0.15) is 0 Å². The molecular weight excluding hydrogens is 258 g/mol. The average Bonchev–Trinajstić information content (AvgIpc) is 2.41. The molecular formula is C14H27N3O3. The van der Waals surface area contributed by atoms with E-state index >= 15 is 0 Å². The van der Waals surface area contributed by atoms with Crippen molar-refractivity contribution in [3.05, 3.63) is 0 Å². The molecule has 1 rings (SSSR count). The molecule has 0 radical (unpaired) electrons. The highest BCUT2D eigenvalue weighted by Crippen LogP contribution is 2.10. The quantitative estimate of drug-likeness (QED) is 0.727. The van der Waals surface area contributed by atoms with E-state index in [1.807, 2.05) is 13.8 Å². The van der Waals surface area contributed by atoms with Gasteiger partial charge in [-0.3, -0.25) is 9.59 Å². The van der Waals surface area contributed by atoms with Gasteiger partial charge in [0.2, 0.25) is 0 Å². The fourth-order valence-corrected chi connectivity index (χ4v) is 2.43. The molecule has 116 valence electrons. The Labute approximate surface area is 121 Å². The first-order valence-corrected chi connectivity index (χ1v) is 7.42. The third-order valence-corrected chi connectivity index (χ3v) is 3.51. The maximum Gasteiger partial charge on any atom is 0.312 e. The van der Waals surface area contributed by atoms with Crippen molar-refractivity contribution in [1.82, 2.24) is 15.1 Å². The number of carbonyl (C=O) groups is 2. The Bertz CT molecular complexity index is 322. The van der Waals surface area contributed by atoms with Gasteiger partial charge >= 0.3 is 11.8 Å². The molecule has 20 heavy (non-hydrogen) atoms. The van der Waals surface area contributed by atoms with Crippen LogP contribution < -0.4 is 5.32 Å². The molecule has 1 aliphatic heterocycles. The van der Waals surface area contributed by atoms with Gasteiger partial charge in [-0.1, -0.05) is 13.8 Å². The molecule has 1 saturated heterocycles. The van der Waals surface area contributed by atoms with E-state index in [4.69, 9.17) is 4.74 Å². The van der Waals surface area contributed by atoms with E-state index in [-0.39, 0.29) is 12.2 Å². The number of rotatable bonds is 5. The third kappa shape index (κ3) is 5.09. The second kappa shape index (κ2) is 8.21. The topological polar surface area (TPSA) is 61.9 Å². The summed E-state index contributed by atoms with van der Waals surface area (Å²) in [5.41, 5.74) is 0. The molecule has 1 fully saturated rings. The molecule has 0 aromatic carbocycles. The summed E-state index contributed by atoms with van der Waals surface area (Å²) in [7, 11) is 0. The summed E-state index contributed by atoms with van der Waals surface area (Å²) in [5.74, 6) is -0.968. The monoisotopic (exact) mass is 285 g/mol. The van der Waals surface area contributed by atoms with Crippen molar-refractivity contribution in [1.29, 1.82) is 0 Å². The smallest absolute Gasteiger partial charge is 0.312 e. The van der Waals surface area contributed by atoms with Crippen LogP contribution in [0.5, 0.6) is 0 Å². The van der Waals surface area contributed by atoms with Gasteiger partial charge in [0.1, 0.15) is 0 Å². The van der Waals surface area contributed by atoms with Gasteiger partial charge in [0.05, 0.1) is 12.2 Å². The number of hydrogen-bond donors (Lipinski definition) is 1. The van der Waals surface area contributed by atoms with E-state index in [0.717, 1.165) is 19.6 Å². The summed E-state index contributed by atoms with van der Waals surface area (Å²) in [6.45, 7) is 12.1. The molecule has 0 bridgehead atoms. The van der Waals surface area contributed by atoms with Crippen molar-refractivity contribution < 1.29 is 14.3 Å². The number of amides is 2. The van der Waals surface area contributed by atoms with Crippen LogP contribution in [-0.2, 0) is 14.3 Å². The molecule has 1 aliphatic rings. The van der Waals surface area contributed by atoms with E-state index in [1.165, 1.54) is 0 Å². The van der Waals surface area contributed by atoms with Crippen LogP contribution in [-0.4, -0.2) is 73.1 Å². The van der Waals surface area contributed by atoms with Crippen LogP contribution in [0.3, 0.4) is 0 Å². The van der Waals surface area contributed by atoms with Crippen LogP contribution in [0.2, 0.25) is 0 Å². The Balaban J connectivity index is 2.37. The molecule has 1 heterocycles. The number of carbonyl (C=O) groups excluding carboxylic acids is 2. The van der Waals surface area contributed by atoms with Crippen molar-refractivity contribution in [3.8, 4) is 0 Å². The van der Waals surface area contributed by atoms with Crippen molar-refractivity contribution in [3.63, 3.8) is 0 Å². The highest BCUT2D eigenvalue weighted by atomic mass is 16.5. The molecule has 0 aromatic rings. The summed E-state index contributed by atoms with van der Waals surface area (Å²) < 4.78 is 5.56. The van der Waals surface area contributed by atoms with Crippen LogP contribution in [0.25, 0.3) is 0 Å². The molecule has 1 N–H and O–H groups in total. The lowest BCUT2D eigenvalue weighted by Gasteiger charge is -2.34. The van der Waals surface area contributed by atoms with Crippen LogP contribution in [0.15, 0.2) is 0 Å². The number of morpholine rings is 1. The summed E-state index contributed by atoms with van der Waals surface area (Å²) >= 11 is 0. The zero-order valence-electron chi connectivity index (χ0n) is 13.0. The highest BCUT2D eigenvalue weighted by Gasteiger charge is 2.29. The first-order valence-electron chi connectivity index (χ1n) is 7.42. The van der Waals surface area contributed by atoms with E-state index in [0.29, 0.717) is 19.6 Å². The number of hydrogen-bond acceptors (Lipinski definition) is 4. The van der Waals surface area contributed by atoms with Crippen molar-refractivity contribution in [2.45, 2.75) is 39.9 Å². The number of likely N-dealkylation sites (N-methyl/N-ethyl adjacent to an activating group) is 1. The van der Waals surface area contributed by atoms with Crippen LogP contribution in [0, 0.1) is 0 Å². The SMILES string of the molecule is CCN(CC)CCNC(=O)C(=O)N1CC(C)OC(C)C1. The average molecular weight is 285 g/mol. The molecule has 0 saturated carbocycles. The van der Waals surface area contributed by atoms with Crippen LogP contribution in [0.4, 0.5) is 0 Å². The van der Waals surface area contributed by atoms with Crippen LogP contribution >= 0.6 is 0 Å². The Morgan fingerprint density at radius 1 is 1.20 bits per heavy atom. The molecule has 0 spiro atoms. The summed E-state index contributed by atoms with van der Waals surface area (Å²) in [6, 6.07) is 0. The minimum Gasteiger partial charge on any atom is -0.372 e. The third-order valence-electron chi connectivity index (χ3n) is 3.51.